The summed E-state index contributed by atoms with van der Waals surface area (Å²) in [5.41, 5.74) is 8.59. The number of fused-ring (bicyclic) bond motifs is 1. The molecule has 1 aromatic carbocycles. The summed E-state index contributed by atoms with van der Waals surface area (Å²) in [6.45, 7) is 7.61. The van der Waals surface area contributed by atoms with Gasteiger partial charge in [0.1, 0.15) is 5.60 Å². The van der Waals surface area contributed by atoms with Crippen LogP contribution in [0.2, 0.25) is 0 Å². The number of likely N-dealkylation sites (tertiary alicyclic amines) is 1. The lowest BCUT2D eigenvalue weighted by atomic mass is 9.95. The molecule has 4 rings (SSSR count). The van der Waals surface area contributed by atoms with Crippen LogP contribution in [0.25, 0.3) is 11.0 Å². The minimum atomic E-state index is -0.515. The topological polar surface area (TPSA) is 96.9 Å². The largest absolute Gasteiger partial charge is 0.444 e. The highest BCUT2D eigenvalue weighted by Crippen LogP contribution is 2.34. The minimum absolute atomic E-state index is 0.0105. The fraction of sp³-hybridized carbons (Fsp3) is 0.652. The van der Waals surface area contributed by atoms with E-state index in [4.69, 9.17) is 15.5 Å². The molecule has 3 heterocycles. The van der Waals surface area contributed by atoms with Gasteiger partial charge in [0.05, 0.1) is 23.2 Å². The van der Waals surface area contributed by atoms with Crippen molar-refractivity contribution in [1.29, 1.82) is 0 Å². The number of aromatic nitrogens is 2. The Balaban J connectivity index is 1.63. The van der Waals surface area contributed by atoms with Gasteiger partial charge in [-0.25, -0.2) is 9.78 Å². The van der Waals surface area contributed by atoms with Crippen LogP contribution in [-0.2, 0) is 11.8 Å². The fourth-order valence-corrected chi connectivity index (χ4v) is 4.79. The molecule has 0 aliphatic carbocycles. The van der Waals surface area contributed by atoms with Crippen LogP contribution in [0.4, 0.5) is 10.7 Å². The van der Waals surface area contributed by atoms with Gasteiger partial charge in [0.25, 0.3) is 0 Å². The van der Waals surface area contributed by atoms with Gasteiger partial charge in [0, 0.05) is 32.7 Å². The lowest BCUT2D eigenvalue weighted by Crippen LogP contribution is -2.50. The summed E-state index contributed by atoms with van der Waals surface area (Å²) in [7, 11) is 1.99. The molecular formula is C23H35N5O3. The summed E-state index contributed by atoms with van der Waals surface area (Å²) in [4.78, 5) is 21.6. The smallest absolute Gasteiger partial charge is 0.410 e. The van der Waals surface area contributed by atoms with Gasteiger partial charge in [-0.15, -0.1) is 0 Å². The molecule has 0 bridgehead atoms. The molecule has 2 aromatic rings. The average molecular weight is 430 g/mol. The van der Waals surface area contributed by atoms with E-state index in [2.05, 4.69) is 27.7 Å². The number of carbonyl (C=O) groups excluding carboxylic acids is 1. The maximum Gasteiger partial charge on any atom is 0.410 e. The second-order valence-electron chi connectivity index (χ2n) is 9.96. The Kier molecular flexibility index (Phi) is 5.87. The number of amides is 1. The maximum absolute atomic E-state index is 12.8. The minimum Gasteiger partial charge on any atom is -0.444 e. The monoisotopic (exact) mass is 429 g/mol. The highest BCUT2D eigenvalue weighted by atomic mass is 16.6. The first-order chi connectivity index (χ1) is 14.6. The summed E-state index contributed by atoms with van der Waals surface area (Å²) >= 11 is 0. The Labute approximate surface area is 184 Å². The number of aliphatic hydroxyl groups is 1. The molecule has 1 amide bonds. The number of benzene rings is 1. The van der Waals surface area contributed by atoms with E-state index in [-0.39, 0.29) is 18.2 Å². The third kappa shape index (κ3) is 4.65. The number of nitrogens with zero attached hydrogens (tertiary/aromatic N) is 4. The van der Waals surface area contributed by atoms with Crippen molar-refractivity contribution in [2.24, 2.45) is 12.8 Å². The standard InChI is InChI=1S/C23H35N5O3/c1-23(2,3)31-22(30)28-10-6-5-7-19(28)15-8-9-20-18(11-15)25-21(26(20)4)27-13-16(24)12-17(29)14-27/h8-9,11,16-17,19,29H,5-7,10,12-14,24H2,1-4H3/t16-,17-,19?/m1/s1. The summed E-state index contributed by atoms with van der Waals surface area (Å²) in [6.07, 6.45) is 2.91. The average Bonchev–Trinajstić information content (AvgIpc) is 3.02. The molecule has 2 fully saturated rings. The summed E-state index contributed by atoms with van der Waals surface area (Å²) in [5.74, 6) is 0.814. The quantitative estimate of drug-likeness (QED) is 0.762. The third-order valence-corrected chi connectivity index (χ3v) is 6.14. The van der Waals surface area contributed by atoms with E-state index < -0.39 is 11.7 Å². The predicted molar refractivity (Wildman–Crippen MR) is 121 cm³/mol. The second-order valence-corrected chi connectivity index (χ2v) is 9.96. The lowest BCUT2D eigenvalue weighted by Gasteiger charge is -2.37. The number of hydrogen-bond donors (Lipinski definition) is 2. The number of imidazole rings is 1. The van der Waals surface area contributed by atoms with E-state index in [0.717, 1.165) is 41.8 Å². The zero-order chi connectivity index (χ0) is 22.3. The zero-order valence-corrected chi connectivity index (χ0v) is 19.0. The van der Waals surface area contributed by atoms with E-state index >= 15 is 0 Å². The number of carbonyl (C=O) groups is 1. The van der Waals surface area contributed by atoms with Gasteiger partial charge >= 0.3 is 6.09 Å². The first-order valence-corrected chi connectivity index (χ1v) is 11.3. The highest BCUT2D eigenvalue weighted by molar-refractivity contribution is 5.80. The Hall–Kier alpha value is -2.32. The third-order valence-electron chi connectivity index (χ3n) is 6.14. The molecule has 3 atom stereocenters. The van der Waals surface area contributed by atoms with Crippen LogP contribution in [-0.4, -0.2) is 63.0 Å². The Morgan fingerprint density at radius 2 is 2.03 bits per heavy atom. The van der Waals surface area contributed by atoms with Gasteiger partial charge in [-0.1, -0.05) is 6.07 Å². The van der Waals surface area contributed by atoms with Crippen LogP contribution in [0.1, 0.15) is 58.1 Å². The number of aryl methyl sites for hydroxylation is 1. The van der Waals surface area contributed by atoms with Crippen LogP contribution < -0.4 is 10.6 Å². The van der Waals surface area contributed by atoms with Crippen molar-refractivity contribution in [2.75, 3.05) is 24.5 Å². The number of β-amino-alcohol motifs (C(OH)–C–C–N with tert-alkyl or cyclic N) is 1. The molecule has 2 aliphatic rings. The van der Waals surface area contributed by atoms with Crippen molar-refractivity contribution < 1.29 is 14.6 Å². The molecule has 1 unspecified atom stereocenters. The molecule has 0 radical (unpaired) electrons. The molecular weight excluding hydrogens is 394 g/mol. The van der Waals surface area contributed by atoms with Crippen molar-refractivity contribution in [3.05, 3.63) is 23.8 Å². The number of piperidine rings is 2. The van der Waals surface area contributed by atoms with Gasteiger partial charge in [-0.05, 0) is 64.2 Å². The van der Waals surface area contributed by atoms with Crippen LogP contribution >= 0.6 is 0 Å². The van der Waals surface area contributed by atoms with Crippen LogP contribution in [0, 0.1) is 0 Å². The van der Waals surface area contributed by atoms with E-state index in [1.165, 1.54) is 0 Å². The number of nitrogens with two attached hydrogens (primary N) is 1. The Bertz CT molecular complexity index is 941. The number of hydrogen-bond acceptors (Lipinski definition) is 6. The molecule has 170 valence electrons. The molecule has 3 N–H and O–H groups in total. The molecule has 2 saturated heterocycles. The van der Waals surface area contributed by atoms with E-state index in [9.17, 15) is 9.90 Å². The zero-order valence-electron chi connectivity index (χ0n) is 19.0. The fourth-order valence-electron chi connectivity index (χ4n) is 4.79. The SMILES string of the molecule is Cn1c(N2C[C@H](N)C[C@@H](O)C2)nc2cc(C3CCCCN3C(=O)OC(C)(C)C)ccc21. The number of anilines is 1. The first-order valence-electron chi connectivity index (χ1n) is 11.3. The predicted octanol–water partition coefficient (Wildman–Crippen LogP) is 2.93. The van der Waals surface area contributed by atoms with Crippen LogP contribution in [0.3, 0.4) is 0 Å². The molecule has 1 aromatic heterocycles. The van der Waals surface area contributed by atoms with Crippen molar-refractivity contribution in [2.45, 2.75) is 70.2 Å². The normalized spacial score (nSPS) is 25.2. The van der Waals surface area contributed by atoms with E-state index in [1.54, 1.807) is 0 Å². The van der Waals surface area contributed by atoms with Crippen LogP contribution in [0.15, 0.2) is 18.2 Å². The van der Waals surface area contributed by atoms with Gasteiger partial charge in [0.2, 0.25) is 5.95 Å². The van der Waals surface area contributed by atoms with E-state index in [0.29, 0.717) is 26.1 Å². The maximum atomic E-state index is 12.8. The van der Waals surface area contributed by atoms with Crippen molar-refractivity contribution >= 4 is 23.1 Å². The molecule has 2 aliphatic heterocycles. The summed E-state index contributed by atoms with van der Waals surface area (Å²) < 4.78 is 7.72. The van der Waals surface area contributed by atoms with Crippen molar-refractivity contribution in [3.63, 3.8) is 0 Å². The number of aliphatic hydroxyl groups excluding tert-OH is 1. The van der Waals surface area contributed by atoms with Gasteiger partial charge in [-0.2, -0.15) is 0 Å². The van der Waals surface area contributed by atoms with E-state index in [1.807, 2.05) is 32.7 Å². The highest BCUT2D eigenvalue weighted by Gasteiger charge is 2.32. The first kappa shape index (κ1) is 21.9. The van der Waals surface area contributed by atoms with Crippen molar-refractivity contribution in [3.8, 4) is 0 Å². The van der Waals surface area contributed by atoms with Gasteiger partial charge < -0.3 is 29.9 Å². The second kappa shape index (κ2) is 8.31. The van der Waals surface area contributed by atoms with Crippen LogP contribution in [0.5, 0.6) is 0 Å². The Morgan fingerprint density at radius 1 is 1.26 bits per heavy atom. The van der Waals surface area contributed by atoms with Gasteiger partial charge in [-0.3, -0.25) is 0 Å². The molecule has 0 saturated carbocycles. The number of rotatable bonds is 2. The van der Waals surface area contributed by atoms with Crippen molar-refractivity contribution in [1.82, 2.24) is 14.5 Å². The molecule has 31 heavy (non-hydrogen) atoms. The summed E-state index contributed by atoms with van der Waals surface area (Å²) in [5, 5.41) is 10.1. The molecule has 0 spiro atoms. The molecule has 8 nitrogen and oxygen atoms in total. The summed E-state index contributed by atoms with van der Waals surface area (Å²) in [6, 6.07) is 6.18. The lowest BCUT2D eigenvalue weighted by molar-refractivity contribution is 0.00952. The Morgan fingerprint density at radius 3 is 2.74 bits per heavy atom. The van der Waals surface area contributed by atoms with Gasteiger partial charge in [0.15, 0.2) is 0 Å². The number of ether oxygens (including phenoxy) is 1. The molecule has 8 heteroatoms.